The molecule has 1 aromatic carbocycles. The fourth-order valence-corrected chi connectivity index (χ4v) is 4.07. The van der Waals surface area contributed by atoms with Crippen molar-refractivity contribution in [3.05, 3.63) is 42.2 Å². The summed E-state index contributed by atoms with van der Waals surface area (Å²) in [6.07, 6.45) is 4.73. The zero-order valence-electron chi connectivity index (χ0n) is 16.0. The molecular weight excluding hydrogens is 356 g/mol. The van der Waals surface area contributed by atoms with Crippen LogP contribution in [0.5, 0.6) is 11.6 Å². The van der Waals surface area contributed by atoms with E-state index in [4.69, 9.17) is 9.47 Å². The molecule has 146 valence electrons. The van der Waals surface area contributed by atoms with Gasteiger partial charge in [-0.05, 0) is 18.2 Å². The van der Waals surface area contributed by atoms with Crippen molar-refractivity contribution < 1.29 is 14.3 Å². The molecule has 1 saturated heterocycles. The second-order valence-electron chi connectivity index (χ2n) is 7.52. The molecule has 5 rings (SSSR count). The molecule has 0 aliphatic carbocycles. The Bertz CT molecular complexity index is 991. The number of ether oxygens (including phenoxy) is 2. The zero-order chi connectivity index (χ0) is 19.1. The third-order valence-corrected chi connectivity index (χ3v) is 5.64. The summed E-state index contributed by atoms with van der Waals surface area (Å²) in [4.78, 5) is 14.7. The van der Waals surface area contributed by atoms with Crippen LogP contribution in [0, 0.1) is 0 Å². The third-order valence-electron chi connectivity index (χ3n) is 5.64. The van der Waals surface area contributed by atoms with E-state index in [0.717, 1.165) is 42.5 Å². The van der Waals surface area contributed by atoms with Gasteiger partial charge in [-0.1, -0.05) is 6.07 Å². The van der Waals surface area contributed by atoms with Gasteiger partial charge in [-0.25, -0.2) is 4.68 Å². The Morgan fingerprint density at radius 2 is 2.07 bits per heavy atom. The third kappa shape index (κ3) is 3.00. The van der Waals surface area contributed by atoms with Gasteiger partial charge in [0.25, 0.3) is 5.91 Å². The fraction of sp³-hybridized carbons (Fsp3) is 0.429. The first-order chi connectivity index (χ1) is 13.7. The molecule has 0 atom stereocenters. The van der Waals surface area contributed by atoms with Crippen molar-refractivity contribution in [1.29, 1.82) is 0 Å². The van der Waals surface area contributed by atoms with Crippen LogP contribution in [-0.4, -0.2) is 51.0 Å². The number of nitrogens with zero attached hydrogens (tertiary/aromatic N) is 4. The van der Waals surface area contributed by atoms with Gasteiger partial charge in [0.2, 0.25) is 5.88 Å². The molecule has 1 amide bonds. The Hall–Kier alpha value is -2.96. The summed E-state index contributed by atoms with van der Waals surface area (Å²) in [6.45, 7) is 2.86. The minimum absolute atomic E-state index is 0.0193. The van der Waals surface area contributed by atoms with Crippen LogP contribution >= 0.6 is 0 Å². The average Bonchev–Trinajstić information content (AvgIpc) is 3.33. The van der Waals surface area contributed by atoms with Crippen molar-refractivity contribution in [1.82, 2.24) is 19.2 Å². The van der Waals surface area contributed by atoms with Gasteiger partial charge in [-0.3, -0.25) is 4.79 Å². The quantitative estimate of drug-likeness (QED) is 0.701. The Kier molecular flexibility index (Phi) is 4.22. The standard InChI is InChI=1S/C21H24N4O3/c1-23-10-8-16-18(23)4-2-5-19(16)28-15-6-11-24(12-7-15)21(26)17-14-20-25(22-17)9-3-13-27-20/h2,4-5,8,10,14-15H,3,6-7,9,11-13H2,1H3. The lowest BCUT2D eigenvalue weighted by Crippen LogP contribution is -2.42. The Labute approximate surface area is 163 Å². The van der Waals surface area contributed by atoms with E-state index in [1.54, 1.807) is 10.7 Å². The van der Waals surface area contributed by atoms with Gasteiger partial charge in [0.05, 0.1) is 12.1 Å². The Morgan fingerprint density at radius 3 is 2.89 bits per heavy atom. The number of aryl methyl sites for hydroxylation is 2. The lowest BCUT2D eigenvalue weighted by atomic mass is 10.1. The first kappa shape index (κ1) is 17.2. The first-order valence-electron chi connectivity index (χ1n) is 9.90. The molecule has 7 nitrogen and oxygen atoms in total. The van der Waals surface area contributed by atoms with Crippen LogP contribution in [-0.2, 0) is 13.6 Å². The van der Waals surface area contributed by atoms with Crippen molar-refractivity contribution in [2.75, 3.05) is 19.7 Å². The molecule has 3 aromatic rings. The number of benzene rings is 1. The summed E-state index contributed by atoms with van der Waals surface area (Å²) in [7, 11) is 2.04. The maximum atomic E-state index is 12.8. The van der Waals surface area contributed by atoms with Crippen molar-refractivity contribution in [3.63, 3.8) is 0 Å². The van der Waals surface area contributed by atoms with E-state index >= 15 is 0 Å². The highest BCUT2D eigenvalue weighted by Crippen LogP contribution is 2.29. The number of piperidine rings is 1. The number of fused-ring (bicyclic) bond motifs is 2. The molecule has 0 spiro atoms. The minimum atomic E-state index is -0.0193. The molecule has 0 radical (unpaired) electrons. The molecule has 4 heterocycles. The summed E-state index contributed by atoms with van der Waals surface area (Å²) < 4.78 is 15.7. The summed E-state index contributed by atoms with van der Waals surface area (Å²) in [5.41, 5.74) is 1.64. The van der Waals surface area contributed by atoms with Gasteiger partial charge in [0.1, 0.15) is 11.9 Å². The fourth-order valence-electron chi connectivity index (χ4n) is 4.07. The normalized spacial score (nSPS) is 17.4. The van der Waals surface area contributed by atoms with Gasteiger partial charge in [-0.15, -0.1) is 0 Å². The Morgan fingerprint density at radius 1 is 1.21 bits per heavy atom. The molecule has 0 saturated carbocycles. The van der Waals surface area contributed by atoms with Crippen LogP contribution in [0.4, 0.5) is 0 Å². The van der Waals surface area contributed by atoms with E-state index in [-0.39, 0.29) is 12.0 Å². The number of aromatic nitrogens is 3. The van der Waals surface area contributed by atoms with Crippen molar-refractivity contribution in [3.8, 4) is 11.6 Å². The van der Waals surface area contributed by atoms with Crippen molar-refractivity contribution in [2.45, 2.75) is 31.9 Å². The molecule has 0 N–H and O–H groups in total. The van der Waals surface area contributed by atoms with Gasteiger partial charge < -0.3 is 18.9 Å². The number of carbonyl (C=O) groups is 1. The summed E-state index contributed by atoms with van der Waals surface area (Å²) in [5, 5.41) is 5.55. The highest BCUT2D eigenvalue weighted by molar-refractivity contribution is 5.92. The molecule has 0 unspecified atom stereocenters. The second kappa shape index (κ2) is 6.89. The number of likely N-dealkylation sites (tertiary alicyclic amines) is 1. The molecule has 2 aromatic heterocycles. The largest absolute Gasteiger partial charge is 0.490 e. The first-order valence-corrected chi connectivity index (χ1v) is 9.90. The Balaban J connectivity index is 1.23. The van der Waals surface area contributed by atoms with Crippen LogP contribution in [0.15, 0.2) is 36.5 Å². The number of carbonyl (C=O) groups excluding carboxylic acids is 1. The van der Waals surface area contributed by atoms with Crippen LogP contribution in [0.3, 0.4) is 0 Å². The predicted octanol–water partition coefficient (Wildman–Crippen LogP) is 2.84. The van der Waals surface area contributed by atoms with E-state index in [1.807, 2.05) is 30.3 Å². The molecular formula is C21H24N4O3. The number of hydrogen-bond acceptors (Lipinski definition) is 4. The van der Waals surface area contributed by atoms with Gasteiger partial charge >= 0.3 is 0 Å². The summed E-state index contributed by atoms with van der Waals surface area (Å²) in [6, 6.07) is 10.00. The van der Waals surface area contributed by atoms with Crippen LogP contribution in [0.2, 0.25) is 0 Å². The molecule has 1 fully saturated rings. The summed E-state index contributed by atoms with van der Waals surface area (Å²) >= 11 is 0. The van der Waals surface area contributed by atoms with Crippen molar-refractivity contribution in [2.24, 2.45) is 7.05 Å². The van der Waals surface area contributed by atoms with E-state index in [2.05, 4.69) is 21.8 Å². The molecule has 7 heteroatoms. The van der Waals surface area contributed by atoms with E-state index in [1.165, 1.54) is 0 Å². The minimum Gasteiger partial charge on any atom is -0.490 e. The molecule has 0 bridgehead atoms. The highest BCUT2D eigenvalue weighted by atomic mass is 16.5. The van der Waals surface area contributed by atoms with Crippen LogP contribution in [0.25, 0.3) is 10.9 Å². The molecule has 28 heavy (non-hydrogen) atoms. The zero-order valence-corrected chi connectivity index (χ0v) is 16.0. The highest BCUT2D eigenvalue weighted by Gasteiger charge is 2.28. The topological polar surface area (TPSA) is 61.5 Å². The predicted molar refractivity (Wildman–Crippen MR) is 105 cm³/mol. The monoisotopic (exact) mass is 380 g/mol. The van der Waals surface area contributed by atoms with E-state index in [9.17, 15) is 4.79 Å². The number of rotatable bonds is 3. The maximum absolute atomic E-state index is 12.8. The molecule has 2 aliphatic rings. The van der Waals surface area contributed by atoms with E-state index in [0.29, 0.717) is 31.3 Å². The lowest BCUT2D eigenvalue weighted by molar-refractivity contribution is 0.0591. The smallest absolute Gasteiger partial charge is 0.274 e. The molecule has 2 aliphatic heterocycles. The average molecular weight is 380 g/mol. The van der Waals surface area contributed by atoms with Gasteiger partial charge in [0.15, 0.2) is 5.69 Å². The second-order valence-corrected chi connectivity index (χ2v) is 7.52. The maximum Gasteiger partial charge on any atom is 0.274 e. The number of amides is 1. The number of hydrogen-bond donors (Lipinski definition) is 0. The van der Waals surface area contributed by atoms with Gasteiger partial charge in [0, 0.05) is 63.6 Å². The lowest BCUT2D eigenvalue weighted by Gasteiger charge is -2.32. The SMILES string of the molecule is Cn1ccc2c(OC3CCN(C(=O)c4cc5n(n4)CCCO5)CC3)cccc21. The van der Waals surface area contributed by atoms with Crippen LogP contribution < -0.4 is 9.47 Å². The van der Waals surface area contributed by atoms with Crippen LogP contribution in [0.1, 0.15) is 29.8 Å². The summed E-state index contributed by atoms with van der Waals surface area (Å²) in [5.74, 6) is 1.60. The van der Waals surface area contributed by atoms with E-state index < -0.39 is 0 Å². The van der Waals surface area contributed by atoms with Crippen molar-refractivity contribution >= 4 is 16.8 Å². The van der Waals surface area contributed by atoms with Gasteiger partial charge in [-0.2, -0.15) is 5.10 Å².